The van der Waals surface area contributed by atoms with E-state index >= 15 is 0 Å². The first-order valence-corrected chi connectivity index (χ1v) is 7.37. The van der Waals surface area contributed by atoms with Crippen molar-refractivity contribution in [2.75, 3.05) is 31.6 Å². The lowest BCUT2D eigenvalue weighted by Crippen LogP contribution is -2.34. The van der Waals surface area contributed by atoms with E-state index in [0.717, 1.165) is 32.5 Å². The third kappa shape index (κ3) is 5.14. The first-order chi connectivity index (χ1) is 7.01. The summed E-state index contributed by atoms with van der Waals surface area (Å²) in [6.07, 6.45) is 3.83. The number of hydrogen-bond acceptors (Lipinski definition) is 4. The van der Waals surface area contributed by atoms with Crippen molar-refractivity contribution in [2.45, 2.75) is 19.3 Å². The number of rotatable bonds is 4. The molecule has 86 valence electrons. The average molecular weight is 230 g/mol. The summed E-state index contributed by atoms with van der Waals surface area (Å²) >= 11 is 0. The van der Waals surface area contributed by atoms with Gasteiger partial charge in [0, 0.05) is 12.2 Å². The summed E-state index contributed by atoms with van der Waals surface area (Å²) in [6, 6.07) is 2.28. The zero-order chi connectivity index (χ0) is 11.3. The summed E-state index contributed by atoms with van der Waals surface area (Å²) in [5.41, 5.74) is 0. The molecule has 0 aromatic rings. The fraction of sp³-hybridized carbons (Fsp3) is 0.900. The van der Waals surface area contributed by atoms with E-state index in [9.17, 15) is 8.42 Å². The highest BCUT2D eigenvalue weighted by Gasteiger charge is 2.18. The summed E-state index contributed by atoms with van der Waals surface area (Å²) in [6.45, 7) is 2.70. The number of hydrogen-bond donors (Lipinski definition) is 0. The Balaban J connectivity index is 2.17. The van der Waals surface area contributed by atoms with Crippen molar-refractivity contribution < 1.29 is 8.42 Å². The molecule has 0 unspecified atom stereocenters. The van der Waals surface area contributed by atoms with Crippen LogP contribution in [0, 0.1) is 17.2 Å². The van der Waals surface area contributed by atoms with Gasteiger partial charge in [-0.3, -0.25) is 0 Å². The molecule has 15 heavy (non-hydrogen) atoms. The highest BCUT2D eigenvalue weighted by molar-refractivity contribution is 7.90. The van der Waals surface area contributed by atoms with Crippen molar-refractivity contribution in [2.24, 2.45) is 5.92 Å². The second-order valence-corrected chi connectivity index (χ2v) is 6.49. The molecule has 0 aromatic carbocycles. The molecule has 1 heterocycles. The standard InChI is InChI=1S/C10H18N2O2S/c1-15(13,14)8-2-5-12-6-3-10(9-11)4-7-12/h10H,2-8H2,1H3. The van der Waals surface area contributed by atoms with Gasteiger partial charge < -0.3 is 4.90 Å². The van der Waals surface area contributed by atoms with Crippen molar-refractivity contribution in [3.8, 4) is 6.07 Å². The number of nitriles is 1. The van der Waals surface area contributed by atoms with Crippen molar-refractivity contribution >= 4 is 9.84 Å². The van der Waals surface area contributed by atoms with Crippen LogP contribution in [0.3, 0.4) is 0 Å². The Morgan fingerprint density at radius 2 is 2.00 bits per heavy atom. The monoisotopic (exact) mass is 230 g/mol. The van der Waals surface area contributed by atoms with Crippen LogP contribution in [-0.4, -0.2) is 45.0 Å². The zero-order valence-corrected chi connectivity index (χ0v) is 9.96. The Kier molecular flexibility index (Phi) is 4.55. The third-order valence-corrected chi connectivity index (χ3v) is 3.79. The van der Waals surface area contributed by atoms with Gasteiger partial charge in [0.1, 0.15) is 9.84 Å². The first kappa shape index (κ1) is 12.5. The molecule has 1 rings (SSSR count). The van der Waals surface area contributed by atoms with Gasteiger partial charge in [-0.25, -0.2) is 8.42 Å². The molecule has 0 radical (unpaired) electrons. The van der Waals surface area contributed by atoms with Crippen LogP contribution in [0.5, 0.6) is 0 Å². The van der Waals surface area contributed by atoms with Crippen molar-refractivity contribution in [3.63, 3.8) is 0 Å². The van der Waals surface area contributed by atoms with Crippen molar-refractivity contribution in [1.29, 1.82) is 5.26 Å². The summed E-state index contributed by atoms with van der Waals surface area (Å²) < 4.78 is 21.8. The summed E-state index contributed by atoms with van der Waals surface area (Å²) in [5.74, 6) is 0.474. The molecule has 0 bridgehead atoms. The second kappa shape index (κ2) is 5.47. The van der Waals surface area contributed by atoms with Gasteiger partial charge in [-0.1, -0.05) is 0 Å². The number of likely N-dealkylation sites (tertiary alicyclic amines) is 1. The van der Waals surface area contributed by atoms with E-state index in [1.54, 1.807) is 0 Å². The van der Waals surface area contributed by atoms with Gasteiger partial charge in [-0.05, 0) is 38.9 Å². The van der Waals surface area contributed by atoms with Gasteiger partial charge in [-0.2, -0.15) is 5.26 Å². The van der Waals surface area contributed by atoms with E-state index in [1.807, 2.05) is 0 Å². The molecule has 0 amide bonds. The minimum atomic E-state index is -2.82. The third-order valence-electron chi connectivity index (χ3n) is 2.76. The summed E-state index contributed by atoms with van der Waals surface area (Å²) in [7, 11) is -2.82. The Hall–Kier alpha value is -0.600. The number of nitrogens with zero attached hydrogens (tertiary/aromatic N) is 2. The molecular weight excluding hydrogens is 212 g/mol. The van der Waals surface area contributed by atoms with E-state index in [4.69, 9.17) is 5.26 Å². The normalized spacial score (nSPS) is 20.0. The first-order valence-electron chi connectivity index (χ1n) is 5.31. The predicted octanol–water partition coefficient (Wildman–Crippen LogP) is 0.657. The minimum absolute atomic E-state index is 0.205. The minimum Gasteiger partial charge on any atom is -0.303 e. The van der Waals surface area contributed by atoms with E-state index in [0.29, 0.717) is 6.42 Å². The lowest BCUT2D eigenvalue weighted by Gasteiger charge is -2.28. The fourth-order valence-electron chi connectivity index (χ4n) is 1.84. The quantitative estimate of drug-likeness (QED) is 0.711. The summed E-state index contributed by atoms with van der Waals surface area (Å²) in [4.78, 5) is 2.25. The Morgan fingerprint density at radius 3 is 2.47 bits per heavy atom. The van der Waals surface area contributed by atoms with Gasteiger partial charge in [0.2, 0.25) is 0 Å². The highest BCUT2D eigenvalue weighted by Crippen LogP contribution is 2.15. The predicted molar refractivity (Wildman–Crippen MR) is 59.1 cm³/mol. The topological polar surface area (TPSA) is 61.2 Å². The highest BCUT2D eigenvalue weighted by atomic mass is 32.2. The SMILES string of the molecule is CS(=O)(=O)CCCN1CCC(C#N)CC1. The molecule has 4 nitrogen and oxygen atoms in total. The molecule has 0 atom stereocenters. The van der Waals surface area contributed by atoms with Gasteiger partial charge in [-0.15, -0.1) is 0 Å². The fourth-order valence-corrected chi connectivity index (χ4v) is 2.49. The van der Waals surface area contributed by atoms with Crippen LogP contribution in [0.2, 0.25) is 0 Å². The maximum absolute atomic E-state index is 10.9. The van der Waals surface area contributed by atoms with Gasteiger partial charge in [0.25, 0.3) is 0 Å². The van der Waals surface area contributed by atoms with E-state index in [2.05, 4.69) is 11.0 Å². The Bertz CT molecular complexity index is 324. The molecule has 5 heteroatoms. The van der Waals surface area contributed by atoms with E-state index in [1.165, 1.54) is 6.26 Å². The molecule has 1 aliphatic rings. The van der Waals surface area contributed by atoms with Crippen LogP contribution in [0.4, 0.5) is 0 Å². The van der Waals surface area contributed by atoms with Crippen LogP contribution in [0.15, 0.2) is 0 Å². The van der Waals surface area contributed by atoms with Crippen LogP contribution >= 0.6 is 0 Å². The number of piperidine rings is 1. The molecule has 1 aliphatic heterocycles. The van der Waals surface area contributed by atoms with E-state index < -0.39 is 9.84 Å². The lowest BCUT2D eigenvalue weighted by molar-refractivity contribution is 0.206. The Labute approximate surface area is 91.8 Å². The molecule has 0 spiro atoms. The molecule has 0 aliphatic carbocycles. The zero-order valence-electron chi connectivity index (χ0n) is 9.15. The van der Waals surface area contributed by atoms with Crippen molar-refractivity contribution in [3.05, 3.63) is 0 Å². The van der Waals surface area contributed by atoms with Crippen LogP contribution in [0.25, 0.3) is 0 Å². The van der Waals surface area contributed by atoms with Crippen LogP contribution < -0.4 is 0 Å². The van der Waals surface area contributed by atoms with E-state index in [-0.39, 0.29) is 11.7 Å². The molecule has 0 saturated carbocycles. The molecular formula is C10H18N2O2S. The second-order valence-electron chi connectivity index (χ2n) is 4.23. The largest absolute Gasteiger partial charge is 0.303 e. The smallest absolute Gasteiger partial charge is 0.147 e. The van der Waals surface area contributed by atoms with Gasteiger partial charge in [0.15, 0.2) is 0 Å². The molecule has 0 N–H and O–H groups in total. The van der Waals surface area contributed by atoms with Crippen molar-refractivity contribution in [1.82, 2.24) is 4.90 Å². The number of sulfone groups is 1. The maximum Gasteiger partial charge on any atom is 0.147 e. The average Bonchev–Trinajstić information content (AvgIpc) is 2.17. The van der Waals surface area contributed by atoms with Crippen LogP contribution in [-0.2, 0) is 9.84 Å². The Morgan fingerprint density at radius 1 is 1.40 bits per heavy atom. The molecule has 1 saturated heterocycles. The lowest BCUT2D eigenvalue weighted by atomic mass is 9.99. The molecule has 0 aromatic heterocycles. The van der Waals surface area contributed by atoms with Gasteiger partial charge in [0.05, 0.1) is 11.8 Å². The molecule has 1 fully saturated rings. The van der Waals surface area contributed by atoms with Gasteiger partial charge >= 0.3 is 0 Å². The summed E-state index contributed by atoms with van der Waals surface area (Å²) in [5, 5.41) is 8.71. The van der Waals surface area contributed by atoms with Crippen LogP contribution in [0.1, 0.15) is 19.3 Å². The maximum atomic E-state index is 10.9.